The predicted molar refractivity (Wildman–Crippen MR) is 104 cm³/mol. The minimum Gasteiger partial charge on any atom is -0.354 e. The number of nitrogens with zero attached hydrogens (tertiary/aromatic N) is 1. The van der Waals surface area contributed by atoms with Crippen molar-refractivity contribution in [2.24, 2.45) is 4.99 Å². The topological polar surface area (TPSA) is 87.6 Å². The van der Waals surface area contributed by atoms with Crippen LogP contribution in [-0.4, -0.2) is 30.9 Å². The van der Waals surface area contributed by atoms with E-state index in [2.05, 4.69) is 15.6 Å². The van der Waals surface area contributed by atoms with E-state index in [4.69, 9.17) is 0 Å². The Morgan fingerprint density at radius 1 is 1.00 bits per heavy atom. The van der Waals surface area contributed by atoms with Crippen LogP contribution in [0.15, 0.2) is 58.7 Å². The van der Waals surface area contributed by atoms with Crippen molar-refractivity contribution in [1.29, 1.82) is 0 Å². The van der Waals surface area contributed by atoms with E-state index in [9.17, 15) is 23.2 Å². The fourth-order valence-corrected chi connectivity index (χ4v) is 2.79. The number of hydrogen-bond acceptors (Lipinski definition) is 4. The molecule has 0 bridgehead atoms. The number of carbonyl (C=O) groups excluding carboxylic acids is 3. The van der Waals surface area contributed by atoms with Crippen molar-refractivity contribution in [3.05, 3.63) is 76.5 Å². The van der Waals surface area contributed by atoms with Crippen LogP contribution in [-0.2, 0) is 16.0 Å². The van der Waals surface area contributed by atoms with E-state index in [1.54, 1.807) is 24.3 Å². The second kappa shape index (κ2) is 8.55. The van der Waals surface area contributed by atoms with Crippen molar-refractivity contribution in [3.63, 3.8) is 0 Å². The van der Waals surface area contributed by atoms with Gasteiger partial charge >= 0.3 is 0 Å². The highest BCUT2D eigenvalue weighted by Crippen LogP contribution is 2.19. The second-order valence-corrected chi connectivity index (χ2v) is 6.30. The molecule has 8 heteroatoms. The van der Waals surface area contributed by atoms with Gasteiger partial charge in [-0.3, -0.25) is 19.4 Å². The second-order valence-electron chi connectivity index (χ2n) is 6.30. The van der Waals surface area contributed by atoms with Crippen LogP contribution in [0.1, 0.15) is 22.3 Å². The van der Waals surface area contributed by atoms with Gasteiger partial charge < -0.3 is 10.6 Å². The summed E-state index contributed by atoms with van der Waals surface area (Å²) in [5.74, 6) is -3.31. The lowest BCUT2D eigenvalue weighted by molar-refractivity contribution is -0.118. The molecule has 2 aromatic carbocycles. The number of hydrogen-bond donors (Lipinski definition) is 2. The lowest BCUT2D eigenvalue weighted by Crippen LogP contribution is -2.23. The van der Waals surface area contributed by atoms with Gasteiger partial charge in [0.25, 0.3) is 11.8 Å². The van der Waals surface area contributed by atoms with Gasteiger partial charge in [-0.05, 0) is 35.9 Å². The monoisotopic (exact) mass is 397 g/mol. The van der Waals surface area contributed by atoms with Gasteiger partial charge in [-0.25, -0.2) is 8.78 Å². The fraction of sp³-hybridized carbons (Fsp3) is 0.143. The first-order valence-corrected chi connectivity index (χ1v) is 8.75. The summed E-state index contributed by atoms with van der Waals surface area (Å²) in [6, 6.07) is 9.53. The van der Waals surface area contributed by atoms with Crippen molar-refractivity contribution >= 4 is 29.5 Å². The number of likely N-dealkylation sites (N-methyl/N-ethyl adjacent to an activating group) is 1. The third-order valence-corrected chi connectivity index (χ3v) is 4.34. The molecule has 0 saturated heterocycles. The van der Waals surface area contributed by atoms with Gasteiger partial charge in [0.05, 0.1) is 5.57 Å². The number of ketones is 1. The molecular weight excluding hydrogens is 380 g/mol. The first-order valence-electron chi connectivity index (χ1n) is 8.75. The Morgan fingerprint density at radius 2 is 1.72 bits per heavy atom. The summed E-state index contributed by atoms with van der Waals surface area (Å²) in [7, 11) is 1.46. The summed E-state index contributed by atoms with van der Waals surface area (Å²) in [6.07, 6.45) is 1.75. The summed E-state index contributed by atoms with van der Waals surface area (Å²) in [4.78, 5) is 40.3. The smallest absolute Gasteiger partial charge is 0.270 e. The molecule has 0 aliphatic carbocycles. The van der Waals surface area contributed by atoms with Crippen molar-refractivity contribution in [2.45, 2.75) is 12.8 Å². The van der Waals surface area contributed by atoms with Crippen molar-refractivity contribution in [1.82, 2.24) is 5.32 Å². The van der Waals surface area contributed by atoms with Crippen molar-refractivity contribution < 1.29 is 23.2 Å². The Labute approximate surface area is 165 Å². The van der Waals surface area contributed by atoms with E-state index in [-0.39, 0.29) is 35.5 Å². The Morgan fingerprint density at radius 3 is 2.38 bits per heavy atom. The van der Waals surface area contributed by atoms with E-state index >= 15 is 0 Å². The highest BCUT2D eigenvalue weighted by molar-refractivity contribution is 6.13. The largest absolute Gasteiger partial charge is 0.354 e. The van der Waals surface area contributed by atoms with Crippen LogP contribution < -0.4 is 10.6 Å². The molecule has 3 rings (SSSR count). The average Bonchev–Trinajstić information content (AvgIpc) is 3.21. The van der Waals surface area contributed by atoms with Crippen LogP contribution in [0.4, 0.5) is 14.5 Å². The van der Waals surface area contributed by atoms with Crippen LogP contribution in [0.2, 0.25) is 0 Å². The molecule has 29 heavy (non-hydrogen) atoms. The molecule has 0 saturated carbocycles. The Hall–Kier alpha value is -3.68. The first-order chi connectivity index (χ1) is 13.9. The molecule has 1 heterocycles. The maximum Gasteiger partial charge on any atom is 0.270 e. The van der Waals surface area contributed by atoms with Crippen molar-refractivity contribution in [3.8, 4) is 0 Å². The molecule has 1 aliphatic heterocycles. The zero-order valence-electron chi connectivity index (χ0n) is 15.5. The summed E-state index contributed by atoms with van der Waals surface area (Å²) in [5, 5.41) is 5.12. The number of carbonyl (C=O) groups is 3. The molecule has 2 aromatic rings. The number of rotatable bonds is 6. The molecule has 2 N–H and O–H groups in total. The Kier molecular flexibility index (Phi) is 5.92. The average molecular weight is 397 g/mol. The van der Waals surface area contributed by atoms with Gasteiger partial charge in [-0.1, -0.05) is 12.1 Å². The molecule has 6 nitrogen and oxygen atoms in total. The molecule has 0 aromatic heterocycles. The molecule has 148 valence electrons. The molecular formula is C21H17F2N3O3. The summed E-state index contributed by atoms with van der Waals surface area (Å²) >= 11 is 0. The van der Waals surface area contributed by atoms with Crippen LogP contribution in [0.25, 0.3) is 0 Å². The summed E-state index contributed by atoms with van der Waals surface area (Å²) in [6.45, 7) is 0. The minimum atomic E-state index is -1.07. The van der Waals surface area contributed by atoms with Crippen molar-refractivity contribution in [2.75, 3.05) is 12.4 Å². The zero-order valence-corrected chi connectivity index (χ0v) is 15.5. The molecule has 2 amide bonds. The highest BCUT2D eigenvalue weighted by atomic mass is 19.2. The number of nitrogens with one attached hydrogen (secondary N) is 2. The Bertz CT molecular complexity index is 1040. The maximum absolute atomic E-state index is 13.3. The first kappa shape index (κ1) is 20.1. The third kappa shape index (κ3) is 4.60. The van der Waals surface area contributed by atoms with Crippen LogP contribution in [0.5, 0.6) is 0 Å². The van der Waals surface area contributed by atoms with Gasteiger partial charge in [-0.15, -0.1) is 0 Å². The van der Waals surface area contributed by atoms with Crippen LogP contribution >= 0.6 is 0 Å². The van der Waals surface area contributed by atoms with Gasteiger partial charge in [0, 0.05) is 37.4 Å². The molecule has 0 fully saturated rings. The number of benzene rings is 2. The normalized spacial score (nSPS) is 12.8. The molecule has 0 atom stereocenters. The number of anilines is 1. The fourth-order valence-electron chi connectivity index (χ4n) is 2.79. The van der Waals surface area contributed by atoms with E-state index < -0.39 is 23.4 Å². The quantitative estimate of drug-likeness (QED) is 0.735. The van der Waals surface area contributed by atoms with Gasteiger partial charge in [-0.2, -0.15) is 0 Å². The van der Waals surface area contributed by atoms with E-state index in [0.717, 1.165) is 12.1 Å². The Balaban J connectivity index is 1.66. The van der Waals surface area contributed by atoms with E-state index in [1.807, 2.05) is 0 Å². The van der Waals surface area contributed by atoms with Gasteiger partial charge in [0.1, 0.15) is 5.70 Å². The summed E-state index contributed by atoms with van der Waals surface area (Å²) in [5.41, 5.74) is 1.55. The summed E-state index contributed by atoms with van der Waals surface area (Å²) < 4.78 is 26.3. The third-order valence-electron chi connectivity index (χ3n) is 4.34. The number of amides is 2. The lowest BCUT2D eigenvalue weighted by atomic mass is 10.0. The molecule has 0 spiro atoms. The minimum absolute atomic E-state index is 0.000882. The molecule has 0 radical (unpaired) electrons. The number of halogens is 2. The van der Waals surface area contributed by atoms with E-state index in [1.165, 1.54) is 19.3 Å². The van der Waals surface area contributed by atoms with Gasteiger partial charge in [0.2, 0.25) is 0 Å². The zero-order chi connectivity index (χ0) is 21.0. The maximum atomic E-state index is 13.3. The predicted octanol–water partition coefficient (Wildman–Crippen LogP) is 2.80. The molecule has 0 unspecified atom stereocenters. The standard InChI is InChI=1S/C21H17F2N3O3/c1-24-21(29)19-15(8-9-25-19)20(28)26-14-5-2-12(3-6-14)10-18(27)13-4-7-16(22)17(23)11-13/h2-7,9,11H,8,10H2,1H3,(H,24,29)(H,26,28). The van der Waals surface area contributed by atoms with Crippen LogP contribution in [0, 0.1) is 11.6 Å². The highest BCUT2D eigenvalue weighted by Gasteiger charge is 2.23. The van der Waals surface area contributed by atoms with E-state index in [0.29, 0.717) is 11.3 Å². The number of Topliss-reactive ketones (excluding diaryl/α,β-unsaturated/α-hetero) is 1. The number of aliphatic imine (C=N–C) groups is 1. The SMILES string of the molecule is CNC(=O)C1=C(C(=O)Nc2ccc(CC(=O)c3ccc(F)c(F)c3)cc2)CC=N1. The van der Waals surface area contributed by atoms with Crippen LogP contribution in [0.3, 0.4) is 0 Å². The van der Waals surface area contributed by atoms with Gasteiger partial charge in [0.15, 0.2) is 17.4 Å². The molecule has 1 aliphatic rings. The lowest BCUT2D eigenvalue weighted by Gasteiger charge is -2.08.